The summed E-state index contributed by atoms with van der Waals surface area (Å²) < 4.78 is 0. The highest BCUT2D eigenvalue weighted by Gasteiger charge is 2.23. The van der Waals surface area contributed by atoms with Gasteiger partial charge >= 0.3 is 0 Å². The van der Waals surface area contributed by atoms with Crippen molar-refractivity contribution < 1.29 is 4.79 Å². The normalized spacial score (nSPS) is 20.5. The fraction of sp³-hybridized carbons (Fsp3) is 0.480. The van der Waals surface area contributed by atoms with Crippen molar-refractivity contribution in [3.05, 3.63) is 65.2 Å². The van der Waals surface area contributed by atoms with Crippen molar-refractivity contribution >= 4 is 23.2 Å². The summed E-state index contributed by atoms with van der Waals surface area (Å²) in [6.07, 6.45) is 2.23. The van der Waals surface area contributed by atoms with Crippen LogP contribution in [0.5, 0.6) is 0 Å². The zero-order chi connectivity index (χ0) is 21.5. The van der Waals surface area contributed by atoms with Crippen LogP contribution in [0.4, 0.5) is 5.69 Å². The zero-order valence-corrected chi connectivity index (χ0v) is 18.9. The van der Waals surface area contributed by atoms with E-state index < -0.39 is 0 Å². The maximum absolute atomic E-state index is 12.5. The molecule has 1 amide bonds. The molecule has 4 rings (SSSR count). The lowest BCUT2D eigenvalue weighted by atomic mass is 10.1. The summed E-state index contributed by atoms with van der Waals surface area (Å²) in [7, 11) is 0. The second-order valence-corrected chi connectivity index (χ2v) is 9.21. The molecular formula is C25H33ClN4O. The number of rotatable bonds is 7. The van der Waals surface area contributed by atoms with Gasteiger partial charge in [-0.3, -0.25) is 14.6 Å². The number of carbonyl (C=O) groups excluding carboxylic acids is 1. The van der Waals surface area contributed by atoms with E-state index in [1.807, 2.05) is 12.1 Å². The molecule has 0 aliphatic carbocycles. The van der Waals surface area contributed by atoms with Crippen molar-refractivity contribution in [1.29, 1.82) is 0 Å². The third kappa shape index (κ3) is 6.70. The van der Waals surface area contributed by atoms with Gasteiger partial charge in [0.1, 0.15) is 0 Å². The smallest absolute Gasteiger partial charge is 0.234 e. The number of anilines is 1. The molecule has 6 heteroatoms. The van der Waals surface area contributed by atoms with E-state index in [2.05, 4.69) is 62.5 Å². The number of amides is 1. The summed E-state index contributed by atoms with van der Waals surface area (Å²) in [5.74, 6) is 0.687. The van der Waals surface area contributed by atoms with Crippen molar-refractivity contribution in [1.82, 2.24) is 15.1 Å². The lowest BCUT2D eigenvalue weighted by Crippen LogP contribution is -2.41. The highest BCUT2D eigenvalue weighted by molar-refractivity contribution is 6.30. The predicted molar refractivity (Wildman–Crippen MR) is 128 cm³/mol. The van der Waals surface area contributed by atoms with Crippen LogP contribution >= 0.6 is 11.6 Å². The number of para-hydroxylation sites is 1. The average Bonchev–Trinajstić information content (AvgIpc) is 3.16. The molecule has 0 aromatic heterocycles. The van der Waals surface area contributed by atoms with E-state index in [4.69, 9.17) is 11.6 Å². The van der Waals surface area contributed by atoms with Crippen LogP contribution in [0.1, 0.15) is 18.4 Å². The van der Waals surface area contributed by atoms with E-state index in [-0.39, 0.29) is 5.91 Å². The molecule has 31 heavy (non-hydrogen) atoms. The Labute approximate surface area is 191 Å². The van der Waals surface area contributed by atoms with Crippen LogP contribution in [0.3, 0.4) is 0 Å². The van der Waals surface area contributed by atoms with Gasteiger partial charge in [-0.15, -0.1) is 0 Å². The summed E-state index contributed by atoms with van der Waals surface area (Å²) in [6, 6.07) is 18.7. The molecule has 0 spiro atoms. The first-order chi connectivity index (χ1) is 15.2. The molecule has 0 saturated carbocycles. The minimum Gasteiger partial charge on any atom is -0.371 e. The largest absolute Gasteiger partial charge is 0.371 e. The van der Waals surface area contributed by atoms with Crippen LogP contribution in [0.15, 0.2) is 54.6 Å². The SMILES string of the molecule is O=C(CN1CCCN(Cc2ccc(Cl)cc2)CC1)NCC1CCN(c2ccccc2)C1. The second-order valence-electron chi connectivity index (χ2n) is 8.77. The van der Waals surface area contributed by atoms with E-state index in [1.165, 1.54) is 11.3 Å². The molecule has 2 aliphatic heterocycles. The summed E-state index contributed by atoms with van der Waals surface area (Å²) in [5, 5.41) is 3.97. The van der Waals surface area contributed by atoms with Crippen LogP contribution in [0.25, 0.3) is 0 Å². The molecule has 5 nitrogen and oxygen atoms in total. The first-order valence-electron chi connectivity index (χ1n) is 11.4. The fourth-order valence-electron chi connectivity index (χ4n) is 4.58. The molecule has 1 atom stereocenters. The second kappa shape index (κ2) is 11.0. The van der Waals surface area contributed by atoms with Gasteiger partial charge in [0.05, 0.1) is 6.54 Å². The predicted octanol–water partition coefficient (Wildman–Crippen LogP) is 3.49. The van der Waals surface area contributed by atoms with Gasteiger partial charge in [-0.1, -0.05) is 41.9 Å². The third-order valence-electron chi connectivity index (χ3n) is 6.36. The Hall–Kier alpha value is -2.08. The molecule has 2 aliphatic rings. The Morgan fingerprint density at radius 1 is 0.935 bits per heavy atom. The highest BCUT2D eigenvalue weighted by Crippen LogP contribution is 2.23. The number of carbonyl (C=O) groups is 1. The van der Waals surface area contributed by atoms with Crippen LogP contribution in [0, 0.1) is 5.92 Å². The quantitative estimate of drug-likeness (QED) is 0.715. The summed E-state index contributed by atoms with van der Waals surface area (Å²) in [6.45, 7) is 8.29. The van der Waals surface area contributed by atoms with Gasteiger partial charge in [-0.05, 0) is 61.7 Å². The molecule has 0 radical (unpaired) electrons. The zero-order valence-electron chi connectivity index (χ0n) is 18.2. The first-order valence-corrected chi connectivity index (χ1v) is 11.8. The Kier molecular flexibility index (Phi) is 7.84. The molecule has 2 fully saturated rings. The number of nitrogens with one attached hydrogen (secondary N) is 1. The molecule has 2 saturated heterocycles. The maximum Gasteiger partial charge on any atom is 0.234 e. The van der Waals surface area contributed by atoms with E-state index in [9.17, 15) is 4.79 Å². The van der Waals surface area contributed by atoms with Gasteiger partial charge in [-0.2, -0.15) is 0 Å². The highest BCUT2D eigenvalue weighted by atomic mass is 35.5. The number of nitrogens with zero attached hydrogens (tertiary/aromatic N) is 3. The number of halogens is 1. The minimum absolute atomic E-state index is 0.157. The molecule has 0 bridgehead atoms. The molecule has 1 N–H and O–H groups in total. The van der Waals surface area contributed by atoms with Crippen LogP contribution in [-0.2, 0) is 11.3 Å². The number of benzene rings is 2. The molecule has 2 aromatic rings. The van der Waals surface area contributed by atoms with Gasteiger partial charge in [-0.25, -0.2) is 0 Å². The van der Waals surface area contributed by atoms with Gasteiger partial charge in [0.25, 0.3) is 0 Å². The Bertz CT molecular complexity index is 829. The number of hydrogen-bond acceptors (Lipinski definition) is 4. The standard InChI is InChI=1S/C25H33ClN4O/c26-23-9-7-21(8-10-23)18-28-12-4-13-29(16-15-28)20-25(31)27-17-22-11-14-30(19-22)24-5-2-1-3-6-24/h1-3,5-10,22H,4,11-20H2,(H,27,31). The van der Waals surface area contributed by atoms with Crippen molar-refractivity contribution in [2.24, 2.45) is 5.92 Å². The van der Waals surface area contributed by atoms with Crippen LogP contribution in [-0.4, -0.2) is 68.1 Å². The minimum atomic E-state index is 0.157. The van der Waals surface area contributed by atoms with Crippen LogP contribution < -0.4 is 10.2 Å². The Morgan fingerprint density at radius 3 is 2.48 bits per heavy atom. The number of hydrogen-bond donors (Lipinski definition) is 1. The first kappa shape index (κ1) is 22.1. The van der Waals surface area contributed by atoms with Gasteiger partial charge in [0, 0.05) is 50.0 Å². The van der Waals surface area contributed by atoms with Gasteiger partial charge < -0.3 is 10.2 Å². The Balaban J connectivity index is 1.16. The van der Waals surface area contributed by atoms with Crippen molar-refractivity contribution in [3.8, 4) is 0 Å². The van der Waals surface area contributed by atoms with Crippen molar-refractivity contribution in [2.75, 3.05) is 57.3 Å². The van der Waals surface area contributed by atoms with Crippen molar-refractivity contribution in [3.63, 3.8) is 0 Å². The Morgan fingerprint density at radius 2 is 1.68 bits per heavy atom. The fourth-order valence-corrected chi connectivity index (χ4v) is 4.70. The van der Waals surface area contributed by atoms with Gasteiger partial charge in [0.15, 0.2) is 0 Å². The summed E-state index contributed by atoms with van der Waals surface area (Å²) >= 11 is 5.99. The van der Waals surface area contributed by atoms with Crippen LogP contribution in [0.2, 0.25) is 5.02 Å². The van der Waals surface area contributed by atoms with E-state index in [0.29, 0.717) is 12.5 Å². The van der Waals surface area contributed by atoms with Crippen molar-refractivity contribution in [2.45, 2.75) is 19.4 Å². The van der Waals surface area contributed by atoms with E-state index in [1.54, 1.807) is 0 Å². The maximum atomic E-state index is 12.5. The monoisotopic (exact) mass is 440 g/mol. The topological polar surface area (TPSA) is 38.8 Å². The van der Waals surface area contributed by atoms with Gasteiger partial charge in [0.2, 0.25) is 5.91 Å². The lowest BCUT2D eigenvalue weighted by Gasteiger charge is -2.22. The summed E-state index contributed by atoms with van der Waals surface area (Å²) in [5.41, 5.74) is 2.57. The molecule has 2 aromatic carbocycles. The molecule has 1 unspecified atom stereocenters. The molecule has 2 heterocycles. The average molecular weight is 441 g/mol. The lowest BCUT2D eigenvalue weighted by molar-refractivity contribution is -0.122. The molecule has 166 valence electrons. The summed E-state index contributed by atoms with van der Waals surface area (Å²) in [4.78, 5) is 19.7. The third-order valence-corrected chi connectivity index (χ3v) is 6.61. The molecular weight excluding hydrogens is 408 g/mol. The van der Waals surface area contributed by atoms with E-state index >= 15 is 0 Å². The van der Waals surface area contributed by atoms with E-state index in [0.717, 1.165) is 70.2 Å².